The van der Waals surface area contributed by atoms with Gasteiger partial charge in [0.05, 0.1) is 12.8 Å². The van der Waals surface area contributed by atoms with Crippen molar-refractivity contribution >= 4 is 11.7 Å². The third-order valence-corrected chi connectivity index (χ3v) is 1.57. The van der Waals surface area contributed by atoms with Crippen molar-refractivity contribution in [2.45, 2.75) is 0 Å². The summed E-state index contributed by atoms with van der Waals surface area (Å²) in [4.78, 5) is 10.7. The van der Waals surface area contributed by atoms with Crippen LogP contribution in [0.25, 0.3) is 0 Å². The first-order valence-corrected chi connectivity index (χ1v) is 3.30. The van der Waals surface area contributed by atoms with Crippen molar-refractivity contribution in [3.8, 4) is 5.75 Å². The van der Waals surface area contributed by atoms with Crippen LogP contribution in [0, 0.1) is 0 Å². The van der Waals surface area contributed by atoms with Crippen molar-refractivity contribution in [3.05, 3.63) is 11.9 Å². The number of aryl methyl sites for hydroxylation is 1. The average molecular weight is 170 g/mol. The van der Waals surface area contributed by atoms with E-state index in [1.807, 2.05) is 0 Å². The number of carboxylic acid groups (broad SMARTS) is 1. The van der Waals surface area contributed by atoms with Crippen molar-refractivity contribution in [1.29, 1.82) is 0 Å². The van der Waals surface area contributed by atoms with Gasteiger partial charge in [0.1, 0.15) is 0 Å². The van der Waals surface area contributed by atoms with Gasteiger partial charge in [0.25, 0.3) is 0 Å². The van der Waals surface area contributed by atoms with Crippen molar-refractivity contribution < 1.29 is 14.6 Å². The maximum atomic E-state index is 10.7. The molecule has 0 aliphatic rings. The lowest BCUT2D eigenvalue weighted by atomic mass is 10.4. The van der Waals surface area contributed by atoms with Gasteiger partial charge in [0, 0.05) is 13.2 Å². The van der Waals surface area contributed by atoms with Crippen LogP contribution in [0.2, 0.25) is 0 Å². The van der Waals surface area contributed by atoms with E-state index >= 15 is 0 Å². The van der Waals surface area contributed by atoms with Crippen LogP contribution in [0.4, 0.5) is 5.69 Å². The Morgan fingerprint density at radius 1 is 1.75 bits per heavy atom. The van der Waals surface area contributed by atoms with E-state index < -0.39 is 5.97 Å². The number of nitrogens with two attached hydrogens (primary N) is 1. The van der Waals surface area contributed by atoms with Gasteiger partial charge in [-0.2, -0.15) is 0 Å². The van der Waals surface area contributed by atoms with Crippen LogP contribution in [0.3, 0.4) is 0 Å². The molecule has 0 fully saturated rings. The summed E-state index contributed by atoms with van der Waals surface area (Å²) in [5.74, 6) is -0.837. The number of carboxylic acids is 1. The molecule has 66 valence electrons. The molecule has 0 radical (unpaired) electrons. The van der Waals surface area contributed by atoms with Gasteiger partial charge in [-0.1, -0.05) is 0 Å². The topological polar surface area (TPSA) is 77.5 Å². The van der Waals surface area contributed by atoms with E-state index in [0.717, 1.165) is 0 Å². The molecule has 12 heavy (non-hydrogen) atoms. The molecule has 0 bridgehead atoms. The Labute approximate surface area is 69.4 Å². The Hall–Kier alpha value is -1.65. The van der Waals surface area contributed by atoms with Gasteiger partial charge in [-0.3, -0.25) is 0 Å². The molecule has 1 heterocycles. The number of methoxy groups -OCH3 is 1. The van der Waals surface area contributed by atoms with Crippen LogP contribution >= 0.6 is 0 Å². The second-order valence-corrected chi connectivity index (χ2v) is 2.38. The number of aromatic carboxylic acids is 1. The van der Waals surface area contributed by atoms with Crippen LogP contribution in [0.5, 0.6) is 5.75 Å². The molecule has 0 unspecified atom stereocenters. The maximum absolute atomic E-state index is 10.7. The van der Waals surface area contributed by atoms with E-state index in [1.54, 1.807) is 7.05 Å². The minimum absolute atomic E-state index is 0.0648. The van der Waals surface area contributed by atoms with Crippen LogP contribution in [0.1, 0.15) is 10.5 Å². The summed E-state index contributed by atoms with van der Waals surface area (Å²) in [7, 11) is 2.99. The minimum atomic E-state index is -1.05. The van der Waals surface area contributed by atoms with Gasteiger partial charge in [-0.05, 0) is 0 Å². The molecule has 0 atom stereocenters. The standard InChI is InChI=1S/C7H10N2O3/c1-9-3-4(8)6(12-2)5(9)7(10)11/h3H,8H2,1-2H3,(H,10,11). The van der Waals surface area contributed by atoms with Gasteiger partial charge < -0.3 is 20.1 Å². The van der Waals surface area contributed by atoms with Crippen LogP contribution in [-0.4, -0.2) is 22.8 Å². The lowest BCUT2D eigenvalue weighted by molar-refractivity contribution is 0.0683. The van der Waals surface area contributed by atoms with Crippen molar-refractivity contribution in [1.82, 2.24) is 4.57 Å². The molecule has 0 spiro atoms. The average Bonchev–Trinajstić information content (AvgIpc) is 2.24. The van der Waals surface area contributed by atoms with Crippen molar-refractivity contribution in [2.24, 2.45) is 7.05 Å². The van der Waals surface area contributed by atoms with Crippen LogP contribution in [-0.2, 0) is 7.05 Å². The number of nitrogens with zero attached hydrogens (tertiary/aromatic N) is 1. The zero-order chi connectivity index (χ0) is 9.30. The summed E-state index contributed by atoms with van der Waals surface area (Å²) in [5.41, 5.74) is 5.88. The Balaban J connectivity index is 3.32. The molecule has 1 aromatic heterocycles. The highest BCUT2D eigenvalue weighted by Crippen LogP contribution is 2.27. The number of rotatable bonds is 2. The first-order valence-electron chi connectivity index (χ1n) is 3.30. The van der Waals surface area contributed by atoms with Gasteiger partial charge in [0.15, 0.2) is 11.4 Å². The molecular weight excluding hydrogens is 160 g/mol. The Morgan fingerprint density at radius 3 is 2.67 bits per heavy atom. The summed E-state index contributed by atoms with van der Waals surface area (Å²) < 4.78 is 6.24. The molecule has 0 amide bonds. The highest BCUT2D eigenvalue weighted by molar-refractivity contribution is 5.91. The number of hydrogen-bond acceptors (Lipinski definition) is 3. The van der Waals surface area contributed by atoms with E-state index in [4.69, 9.17) is 15.6 Å². The minimum Gasteiger partial charge on any atom is -0.492 e. The molecule has 1 rings (SSSR count). The quantitative estimate of drug-likeness (QED) is 0.669. The van der Waals surface area contributed by atoms with Gasteiger partial charge in [-0.15, -0.1) is 0 Å². The van der Waals surface area contributed by atoms with E-state index in [0.29, 0.717) is 5.69 Å². The molecule has 3 N–H and O–H groups in total. The number of carbonyl (C=O) groups is 1. The molecular formula is C7H10N2O3. The highest BCUT2D eigenvalue weighted by Gasteiger charge is 2.18. The Morgan fingerprint density at radius 2 is 2.33 bits per heavy atom. The second kappa shape index (κ2) is 2.77. The molecule has 0 saturated heterocycles. The molecule has 0 aliphatic carbocycles. The number of anilines is 1. The maximum Gasteiger partial charge on any atom is 0.356 e. The van der Waals surface area contributed by atoms with E-state index in [9.17, 15) is 4.79 Å². The van der Waals surface area contributed by atoms with Gasteiger partial charge >= 0.3 is 5.97 Å². The Kier molecular flexibility index (Phi) is 1.95. The lowest BCUT2D eigenvalue weighted by Crippen LogP contribution is -2.05. The van der Waals surface area contributed by atoms with Gasteiger partial charge in [0.2, 0.25) is 0 Å². The molecule has 1 aromatic rings. The summed E-state index contributed by atoms with van der Waals surface area (Å²) in [6.45, 7) is 0. The highest BCUT2D eigenvalue weighted by atomic mass is 16.5. The van der Waals surface area contributed by atoms with Crippen molar-refractivity contribution in [2.75, 3.05) is 12.8 Å². The number of nitrogen functional groups attached to an aromatic ring is 1. The predicted molar refractivity (Wildman–Crippen MR) is 43.3 cm³/mol. The number of hydrogen-bond donors (Lipinski definition) is 2. The van der Waals surface area contributed by atoms with E-state index in [2.05, 4.69) is 0 Å². The summed E-state index contributed by atoms with van der Waals surface area (Å²) in [6.07, 6.45) is 1.50. The Bertz CT molecular complexity index is 317. The van der Waals surface area contributed by atoms with Crippen LogP contribution < -0.4 is 10.5 Å². The van der Waals surface area contributed by atoms with E-state index in [-0.39, 0.29) is 11.4 Å². The largest absolute Gasteiger partial charge is 0.492 e. The first kappa shape index (κ1) is 8.45. The fourth-order valence-electron chi connectivity index (χ4n) is 1.09. The predicted octanol–water partition coefficient (Wildman–Crippen LogP) is 0.314. The zero-order valence-electron chi connectivity index (χ0n) is 6.87. The van der Waals surface area contributed by atoms with Gasteiger partial charge in [-0.25, -0.2) is 4.79 Å². The fourth-order valence-corrected chi connectivity index (χ4v) is 1.09. The molecule has 0 saturated carbocycles. The monoisotopic (exact) mass is 170 g/mol. The fraction of sp³-hybridized carbons (Fsp3) is 0.286. The number of aromatic nitrogens is 1. The van der Waals surface area contributed by atoms with E-state index in [1.165, 1.54) is 17.9 Å². The van der Waals surface area contributed by atoms with Crippen LogP contribution in [0.15, 0.2) is 6.20 Å². The summed E-state index contributed by atoms with van der Waals surface area (Å²) in [5, 5.41) is 8.73. The third kappa shape index (κ3) is 1.09. The molecule has 5 heteroatoms. The molecule has 0 aliphatic heterocycles. The number of ether oxygens (including phenoxy) is 1. The normalized spacial score (nSPS) is 9.83. The van der Waals surface area contributed by atoms with Crippen molar-refractivity contribution in [3.63, 3.8) is 0 Å². The zero-order valence-corrected chi connectivity index (χ0v) is 6.87. The summed E-state index contributed by atoms with van der Waals surface area (Å²) >= 11 is 0. The lowest BCUT2D eigenvalue weighted by Gasteiger charge is -2.00. The molecule has 0 aromatic carbocycles. The summed E-state index contributed by atoms with van der Waals surface area (Å²) in [6, 6.07) is 0. The molecule has 5 nitrogen and oxygen atoms in total. The smallest absolute Gasteiger partial charge is 0.356 e. The SMILES string of the molecule is COc1c(N)cn(C)c1C(=O)O. The first-order chi connectivity index (χ1) is 5.57. The second-order valence-electron chi connectivity index (χ2n) is 2.38. The third-order valence-electron chi connectivity index (χ3n) is 1.57.